The summed E-state index contributed by atoms with van der Waals surface area (Å²) in [5.41, 5.74) is 3.21. The van der Waals surface area contributed by atoms with E-state index in [-0.39, 0.29) is 30.4 Å². The van der Waals surface area contributed by atoms with Crippen molar-refractivity contribution in [2.24, 2.45) is 11.8 Å². The quantitative estimate of drug-likeness (QED) is 0.211. The van der Waals surface area contributed by atoms with Gasteiger partial charge in [0.2, 0.25) is 11.8 Å². The van der Waals surface area contributed by atoms with E-state index in [0.29, 0.717) is 30.3 Å². The molecule has 0 spiro atoms. The molecule has 1 heterocycles. The molecule has 1 aliphatic heterocycles. The third-order valence-corrected chi connectivity index (χ3v) is 8.87. The Balaban J connectivity index is 1.37. The number of nitrogens with one attached hydrogen (secondary N) is 2. The number of amides is 3. The smallest absolute Gasteiger partial charge is 0.252 e. The first-order chi connectivity index (χ1) is 22.7. The molecular formula is C38H37F2N3O4. The summed E-state index contributed by atoms with van der Waals surface area (Å²) >= 11 is 0. The Morgan fingerprint density at radius 2 is 1.57 bits per heavy atom. The summed E-state index contributed by atoms with van der Waals surface area (Å²) in [6.45, 7) is 4.05. The van der Waals surface area contributed by atoms with Gasteiger partial charge < -0.3 is 20.3 Å². The average Bonchev–Trinajstić information content (AvgIpc) is 3.49. The van der Waals surface area contributed by atoms with Crippen LogP contribution in [0.5, 0.6) is 5.75 Å². The number of carbonyl (C=O) groups excluding carboxylic acids is 3. The second-order valence-corrected chi connectivity index (χ2v) is 12.6. The predicted octanol–water partition coefficient (Wildman–Crippen LogP) is 6.38. The van der Waals surface area contributed by atoms with E-state index < -0.39 is 47.5 Å². The maximum absolute atomic E-state index is 15.7. The zero-order valence-electron chi connectivity index (χ0n) is 26.3. The van der Waals surface area contributed by atoms with Crippen LogP contribution < -0.4 is 15.4 Å². The molecule has 3 atom stereocenters. The summed E-state index contributed by atoms with van der Waals surface area (Å²) in [6.07, 6.45) is 1.38. The standard InChI is InChI=1S/C38H37F2N3O4/c1-23(2)18-32-36(44)42-34(27-19-25-12-6-7-13-26(25)20-27)38(46)43(32)35(29-17-16-28(39)21-30(29)40)37(45)41-31-14-8-9-15-33(31)47-22-24-10-4-3-5-11-24/h3-17,21,23,27,32,34-35H,18-20,22H2,1-2H3,(H,41,45)(H,42,44)/t32-,34-,35+/m1/s1. The Morgan fingerprint density at radius 1 is 0.915 bits per heavy atom. The van der Waals surface area contributed by atoms with Crippen LogP contribution >= 0.6 is 0 Å². The van der Waals surface area contributed by atoms with Gasteiger partial charge in [-0.3, -0.25) is 14.4 Å². The van der Waals surface area contributed by atoms with Crippen molar-refractivity contribution < 1.29 is 27.9 Å². The molecule has 0 unspecified atom stereocenters. The molecule has 242 valence electrons. The van der Waals surface area contributed by atoms with E-state index in [1.54, 1.807) is 24.3 Å². The van der Waals surface area contributed by atoms with E-state index in [9.17, 15) is 18.8 Å². The molecule has 2 N–H and O–H groups in total. The number of nitrogens with zero attached hydrogens (tertiary/aromatic N) is 1. The lowest BCUT2D eigenvalue weighted by molar-refractivity contribution is -0.157. The highest BCUT2D eigenvalue weighted by atomic mass is 19.1. The largest absolute Gasteiger partial charge is 0.487 e. The van der Waals surface area contributed by atoms with Crippen molar-refractivity contribution >= 4 is 23.4 Å². The molecule has 7 nitrogen and oxygen atoms in total. The number of fused-ring (bicyclic) bond motifs is 1. The molecule has 6 rings (SSSR count). The number of rotatable bonds is 10. The summed E-state index contributed by atoms with van der Waals surface area (Å²) < 4.78 is 35.8. The molecule has 0 saturated carbocycles. The number of piperazine rings is 1. The van der Waals surface area contributed by atoms with E-state index in [1.807, 2.05) is 68.4 Å². The maximum Gasteiger partial charge on any atom is 0.252 e. The van der Waals surface area contributed by atoms with Crippen LogP contribution in [0, 0.1) is 23.5 Å². The molecule has 4 aromatic rings. The number of carbonyl (C=O) groups is 3. The van der Waals surface area contributed by atoms with Crippen molar-refractivity contribution in [2.45, 2.75) is 57.8 Å². The average molecular weight is 638 g/mol. The normalized spacial score (nSPS) is 18.5. The number of ether oxygens (including phenoxy) is 1. The number of para-hydroxylation sites is 2. The van der Waals surface area contributed by atoms with Crippen molar-refractivity contribution in [1.82, 2.24) is 10.2 Å². The lowest BCUT2D eigenvalue weighted by Crippen LogP contribution is -2.67. The van der Waals surface area contributed by atoms with Crippen LogP contribution in [0.2, 0.25) is 0 Å². The fourth-order valence-corrected chi connectivity index (χ4v) is 6.65. The van der Waals surface area contributed by atoms with Crippen LogP contribution in [0.4, 0.5) is 14.5 Å². The number of halogens is 2. The van der Waals surface area contributed by atoms with Crippen LogP contribution in [0.25, 0.3) is 0 Å². The third kappa shape index (κ3) is 6.89. The minimum absolute atomic E-state index is 0.0396. The van der Waals surface area contributed by atoms with Gasteiger partial charge in [-0.15, -0.1) is 0 Å². The van der Waals surface area contributed by atoms with Gasteiger partial charge >= 0.3 is 0 Å². The minimum Gasteiger partial charge on any atom is -0.487 e. The van der Waals surface area contributed by atoms with Gasteiger partial charge in [-0.2, -0.15) is 0 Å². The van der Waals surface area contributed by atoms with Gasteiger partial charge in [0.1, 0.15) is 42.1 Å². The molecule has 0 bridgehead atoms. The topological polar surface area (TPSA) is 87.7 Å². The molecule has 47 heavy (non-hydrogen) atoms. The van der Waals surface area contributed by atoms with Gasteiger partial charge in [0.25, 0.3) is 5.91 Å². The number of anilines is 1. The van der Waals surface area contributed by atoms with Crippen molar-refractivity contribution in [2.75, 3.05) is 5.32 Å². The Labute approximate surface area is 272 Å². The molecule has 3 amide bonds. The first-order valence-corrected chi connectivity index (χ1v) is 15.9. The summed E-state index contributed by atoms with van der Waals surface area (Å²) in [4.78, 5) is 44.1. The molecular weight excluding hydrogens is 600 g/mol. The van der Waals surface area contributed by atoms with Gasteiger partial charge in [0, 0.05) is 11.6 Å². The highest BCUT2D eigenvalue weighted by Crippen LogP contribution is 2.37. The van der Waals surface area contributed by atoms with Crippen LogP contribution in [0.1, 0.15) is 48.6 Å². The zero-order valence-corrected chi connectivity index (χ0v) is 26.3. The highest BCUT2D eigenvalue weighted by Gasteiger charge is 2.50. The summed E-state index contributed by atoms with van der Waals surface area (Å²) in [5.74, 6) is -3.39. The summed E-state index contributed by atoms with van der Waals surface area (Å²) in [7, 11) is 0. The summed E-state index contributed by atoms with van der Waals surface area (Å²) in [6, 6.07) is 23.5. The minimum atomic E-state index is -1.58. The zero-order chi connectivity index (χ0) is 33.1. The molecule has 0 aromatic heterocycles. The Bertz CT molecular complexity index is 1750. The first kappa shape index (κ1) is 31.9. The third-order valence-electron chi connectivity index (χ3n) is 8.87. The fraction of sp³-hybridized carbons (Fsp3) is 0.289. The monoisotopic (exact) mass is 637 g/mol. The molecule has 1 saturated heterocycles. The van der Waals surface area contributed by atoms with Gasteiger partial charge in [0.15, 0.2) is 0 Å². The lowest BCUT2D eigenvalue weighted by Gasteiger charge is -2.44. The van der Waals surface area contributed by atoms with Gasteiger partial charge in [-0.25, -0.2) is 8.78 Å². The molecule has 1 fully saturated rings. The molecule has 2 aliphatic rings. The van der Waals surface area contributed by atoms with Crippen LogP contribution in [0.15, 0.2) is 97.1 Å². The molecule has 4 aromatic carbocycles. The Hall–Kier alpha value is -5.05. The van der Waals surface area contributed by atoms with Crippen molar-refractivity contribution in [3.63, 3.8) is 0 Å². The SMILES string of the molecule is CC(C)C[C@@H]1C(=O)N[C@H](C2Cc3ccccc3C2)C(=O)N1[C@H](C(=O)Nc1ccccc1OCc1ccccc1)c1ccc(F)cc1F. The second kappa shape index (κ2) is 13.7. The first-order valence-electron chi connectivity index (χ1n) is 15.9. The highest BCUT2D eigenvalue weighted by molar-refractivity contribution is 6.03. The number of hydrogen-bond acceptors (Lipinski definition) is 4. The number of hydrogen-bond donors (Lipinski definition) is 2. The molecule has 0 radical (unpaired) electrons. The van der Waals surface area contributed by atoms with E-state index in [1.165, 1.54) is 11.0 Å². The van der Waals surface area contributed by atoms with Gasteiger partial charge in [-0.05, 0) is 66.0 Å². The fourth-order valence-electron chi connectivity index (χ4n) is 6.65. The van der Waals surface area contributed by atoms with E-state index >= 15 is 4.39 Å². The van der Waals surface area contributed by atoms with Gasteiger partial charge in [0.05, 0.1) is 5.69 Å². The van der Waals surface area contributed by atoms with Crippen molar-refractivity contribution in [3.05, 3.63) is 131 Å². The summed E-state index contributed by atoms with van der Waals surface area (Å²) in [5, 5.41) is 5.80. The van der Waals surface area contributed by atoms with Crippen molar-refractivity contribution in [1.29, 1.82) is 0 Å². The Kier molecular flexibility index (Phi) is 9.33. The van der Waals surface area contributed by atoms with Crippen LogP contribution in [-0.2, 0) is 33.8 Å². The number of benzene rings is 4. The van der Waals surface area contributed by atoms with Crippen LogP contribution in [0.3, 0.4) is 0 Å². The second-order valence-electron chi connectivity index (χ2n) is 12.6. The van der Waals surface area contributed by atoms with Gasteiger partial charge in [-0.1, -0.05) is 86.6 Å². The van der Waals surface area contributed by atoms with Crippen LogP contribution in [-0.4, -0.2) is 34.7 Å². The van der Waals surface area contributed by atoms with E-state index in [2.05, 4.69) is 10.6 Å². The van der Waals surface area contributed by atoms with E-state index in [0.717, 1.165) is 22.8 Å². The van der Waals surface area contributed by atoms with E-state index in [4.69, 9.17) is 4.74 Å². The predicted molar refractivity (Wildman–Crippen MR) is 174 cm³/mol. The maximum atomic E-state index is 15.7. The molecule has 1 aliphatic carbocycles. The van der Waals surface area contributed by atoms with Crippen molar-refractivity contribution in [3.8, 4) is 5.75 Å². The lowest BCUT2D eigenvalue weighted by atomic mass is 9.87. The Morgan fingerprint density at radius 3 is 2.26 bits per heavy atom. The molecule has 9 heteroatoms.